The Hall–Kier alpha value is -3.85. The average Bonchev–Trinajstić information content (AvgIpc) is 3.59. The monoisotopic (exact) mass is 472 g/mol. The van der Waals surface area contributed by atoms with Crippen molar-refractivity contribution in [3.63, 3.8) is 0 Å². The fourth-order valence-electron chi connectivity index (χ4n) is 4.89. The second-order valence-electron chi connectivity index (χ2n) is 8.87. The molecule has 4 aromatic rings. The molecule has 9 nitrogen and oxygen atoms in total. The van der Waals surface area contributed by atoms with Crippen LogP contribution in [0.2, 0.25) is 0 Å². The zero-order chi connectivity index (χ0) is 23.8. The Kier molecular flexibility index (Phi) is 5.61. The molecular weight excluding hydrogens is 444 g/mol. The number of anilines is 1. The lowest BCUT2D eigenvalue weighted by Gasteiger charge is -2.30. The molecule has 1 aromatic carbocycles. The van der Waals surface area contributed by atoms with Crippen molar-refractivity contribution in [3.05, 3.63) is 65.6 Å². The van der Waals surface area contributed by atoms with E-state index in [0.29, 0.717) is 11.6 Å². The third-order valence-electron chi connectivity index (χ3n) is 6.69. The van der Waals surface area contributed by atoms with Gasteiger partial charge in [0.2, 0.25) is 11.8 Å². The van der Waals surface area contributed by atoms with Gasteiger partial charge in [-0.2, -0.15) is 4.52 Å². The van der Waals surface area contributed by atoms with Gasteiger partial charge in [-0.1, -0.05) is 12.2 Å². The molecule has 0 spiro atoms. The maximum absolute atomic E-state index is 5.59. The summed E-state index contributed by atoms with van der Waals surface area (Å²) in [6.45, 7) is 4.20. The van der Waals surface area contributed by atoms with Gasteiger partial charge in [-0.05, 0) is 48.2 Å². The molecule has 2 aliphatic heterocycles. The second kappa shape index (κ2) is 9.07. The summed E-state index contributed by atoms with van der Waals surface area (Å²) in [7, 11) is 3.35. The zero-order valence-electron chi connectivity index (χ0n) is 20.0. The highest BCUT2D eigenvalue weighted by atomic mass is 16.5. The number of rotatable bonds is 6. The fourth-order valence-corrected chi connectivity index (χ4v) is 4.89. The van der Waals surface area contributed by atoms with Gasteiger partial charge in [-0.25, -0.2) is 9.97 Å². The van der Waals surface area contributed by atoms with Crippen molar-refractivity contribution in [3.8, 4) is 23.1 Å². The summed E-state index contributed by atoms with van der Waals surface area (Å²) in [4.78, 5) is 14.4. The van der Waals surface area contributed by atoms with Crippen LogP contribution in [0.15, 0.2) is 53.3 Å². The highest BCUT2D eigenvalue weighted by molar-refractivity contribution is 5.58. The van der Waals surface area contributed by atoms with Crippen molar-refractivity contribution in [1.82, 2.24) is 24.5 Å². The SMILES string of the molecule is COc1cc2c(cc1OC)CN(Cc1cnc(N3CC=CCC3)n3nc(-c4ccco4)nc13)CC2. The Morgan fingerprint density at radius 1 is 1.06 bits per heavy atom. The molecule has 2 aliphatic rings. The van der Waals surface area contributed by atoms with Crippen LogP contribution in [0.1, 0.15) is 23.1 Å². The Balaban J connectivity index is 1.34. The van der Waals surface area contributed by atoms with Gasteiger partial charge in [0, 0.05) is 44.5 Å². The lowest BCUT2D eigenvalue weighted by Crippen LogP contribution is -2.32. The minimum Gasteiger partial charge on any atom is -0.493 e. The summed E-state index contributed by atoms with van der Waals surface area (Å²) in [5, 5.41) is 4.80. The molecule has 0 N–H and O–H groups in total. The van der Waals surface area contributed by atoms with Crippen LogP contribution in [0.4, 0.5) is 5.95 Å². The van der Waals surface area contributed by atoms with E-state index in [9.17, 15) is 0 Å². The van der Waals surface area contributed by atoms with Crippen molar-refractivity contribution in [2.75, 3.05) is 38.8 Å². The molecule has 6 rings (SSSR count). The molecular formula is C26H28N6O3. The topological polar surface area (TPSA) is 81.2 Å². The molecule has 9 heteroatoms. The highest BCUT2D eigenvalue weighted by Crippen LogP contribution is 2.34. The van der Waals surface area contributed by atoms with E-state index in [1.165, 1.54) is 11.1 Å². The van der Waals surface area contributed by atoms with Crippen LogP contribution < -0.4 is 14.4 Å². The van der Waals surface area contributed by atoms with E-state index in [0.717, 1.165) is 74.2 Å². The van der Waals surface area contributed by atoms with E-state index in [4.69, 9.17) is 29.0 Å². The summed E-state index contributed by atoms with van der Waals surface area (Å²) < 4.78 is 18.5. The van der Waals surface area contributed by atoms with E-state index in [2.05, 4.69) is 34.1 Å². The minimum absolute atomic E-state index is 0.568. The molecule has 3 aromatic heterocycles. The van der Waals surface area contributed by atoms with Crippen LogP contribution in [0.5, 0.6) is 11.5 Å². The normalized spacial score (nSPS) is 16.0. The predicted octanol–water partition coefficient (Wildman–Crippen LogP) is 3.73. The van der Waals surface area contributed by atoms with E-state index in [1.807, 2.05) is 22.8 Å². The van der Waals surface area contributed by atoms with Crippen molar-refractivity contribution < 1.29 is 13.9 Å². The first-order chi connectivity index (χ1) is 17.2. The number of nitrogens with zero attached hydrogens (tertiary/aromatic N) is 6. The molecule has 0 aliphatic carbocycles. The summed E-state index contributed by atoms with van der Waals surface area (Å²) in [5.74, 6) is 3.57. The third kappa shape index (κ3) is 4.01. The summed E-state index contributed by atoms with van der Waals surface area (Å²) in [5.41, 5.74) is 4.41. The fraction of sp³-hybridized carbons (Fsp3) is 0.346. The molecule has 0 saturated heterocycles. The Labute approximate surface area is 203 Å². The number of hydrogen-bond acceptors (Lipinski definition) is 8. The molecule has 0 amide bonds. The molecule has 0 bridgehead atoms. The standard InChI is InChI=1S/C26H28N6O3/c1-33-22-13-18-8-11-30(16-19(18)14-23(22)34-2)17-20-15-27-26(31-9-4-3-5-10-31)32-25(20)28-24(29-32)21-7-6-12-35-21/h3-4,6-7,12-15H,5,8-11,16-17H2,1-2H3. The molecule has 180 valence electrons. The first-order valence-corrected chi connectivity index (χ1v) is 11.9. The van der Waals surface area contributed by atoms with Gasteiger partial charge in [0.1, 0.15) is 0 Å². The van der Waals surface area contributed by atoms with Crippen LogP contribution in [0.25, 0.3) is 17.2 Å². The molecule has 0 saturated carbocycles. The van der Waals surface area contributed by atoms with Crippen LogP contribution in [-0.4, -0.2) is 58.3 Å². The van der Waals surface area contributed by atoms with Gasteiger partial charge in [-0.3, -0.25) is 4.90 Å². The van der Waals surface area contributed by atoms with E-state index in [-0.39, 0.29) is 0 Å². The van der Waals surface area contributed by atoms with Crippen LogP contribution in [-0.2, 0) is 19.5 Å². The van der Waals surface area contributed by atoms with Crippen molar-refractivity contribution in [2.24, 2.45) is 0 Å². The minimum atomic E-state index is 0.568. The lowest BCUT2D eigenvalue weighted by atomic mass is 9.98. The second-order valence-corrected chi connectivity index (χ2v) is 8.87. The Bertz CT molecular complexity index is 1380. The molecule has 0 fully saturated rings. The van der Waals surface area contributed by atoms with E-state index >= 15 is 0 Å². The van der Waals surface area contributed by atoms with Gasteiger partial charge in [0.15, 0.2) is 22.9 Å². The molecule has 5 heterocycles. The van der Waals surface area contributed by atoms with Gasteiger partial charge in [0.25, 0.3) is 0 Å². The number of fused-ring (bicyclic) bond motifs is 2. The zero-order valence-corrected chi connectivity index (χ0v) is 20.0. The summed E-state index contributed by atoms with van der Waals surface area (Å²) >= 11 is 0. The molecule has 0 unspecified atom stereocenters. The first kappa shape index (κ1) is 21.7. The Morgan fingerprint density at radius 2 is 1.91 bits per heavy atom. The largest absolute Gasteiger partial charge is 0.493 e. The number of ether oxygens (including phenoxy) is 2. The summed E-state index contributed by atoms with van der Waals surface area (Å²) in [6.07, 6.45) is 9.91. The van der Waals surface area contributed by atoms with E-state index < -0.39 is 0 Å². The van der Waals surface area contributed by atoms with Gasteiger partial charge in [-0.15, -0.1) is 5.10 Å². The van der Waals surface area contributed by atoms with Gasteiger partial charge < -0.3 is 18.8 Å². The van der Waals surface area contributed by atoms with Crippen molar-refractivity contribution in [2.45, 2.75) is 25.9 Å². The molecule has 0 atom stereocenters. The number of hydrogen-bond donors (Lipinski definition) is 0. The summed E-state index contributed by atoms with van der Waals surface area (Å²) in [6, 6.07) is 7.92. The molecule has 0 radical (unpaired) electrons. The average molecular weight is 473 g/mol. The van der Waals surface area contributed by atoms with Crippen LogP contribution in [0, 0.1) is 0 Å². The quantitative estimate of drug-likeness (QED) is 0.393. The predicted molar refractivity (Wildman–Crippen MR) is 132 cm³/mol. The maximum atomic E-state index is 5.59. The number of aromatic nitrogens is 4. The highest BCUT2D eigenvalue weighted by Gasteiger charge is 2.23. The number of methoxy groups -OCH3 is 2. The van der Waals surface area contributed by atoms with Gasteiger partial charge >= 0.3 is 0 Å². The van der Waals surface area contributed by atoms with Crippen molar-refractivity contribution >= 4 is 11.6 Å². The molecule has 35 heavy (non-hydrogen) atoms. The van der Waals surface area contributed by atoms with E-state index in [1.54, 1.807) is 20.5 Å². The number of furan rings is 1. The van der Waals surface area contributed by atoms with Crippen LogP contribution in [0.3, 0.4) is 0 Å². The maximum Gasteiger partial charge on any atom is 0.228 e. The lowest BCUT2D eigenvalue weighted by molar-refractivity contribution is 0.244. The van der Waals surface area contributed by atoms with Crippen molar-refractivity contribution in [1.29, 1.82) is 0 Å². The third-order valence-corrected chi connectivity index (χ3v) is 6.69. The number of benzene rings is 1. The van der Waals surface area contributed by atoms with Crippen LogP contribution >= 0.6 is 0 Å². The smallest absolute Gasteiger partial charge is 0.228 e. The first-order valence-electron chi connectivity index (χ1n) is 11.9. The van der Waals surface area contributed by atoms with Gasteiger partial charge in [0.05, 0.1) is 20.5 Å². The Morgan fingerprint density at radius 3 is 2.66 bits per heavy atom.